The van der Waals surface area contributed by atoms with Crippen molar-refractivity contribution < 1.29 is 4.74 Å². The van der Waals surface area contributed by atoms with E-state index in [1.54, 1.807) is 24.7 Å². The Morgan fingerprint density at radius 3 is 2.89 bits per heavy atom. The number of benzene rings is 1. The molecule has 1 N–H and O–H groups in total. The fourth-order valence-corrected chi connectivity index (χ4v) is 3.60. The van der Waals surface area contributed by atoms with Gasteiger partial charge in [0.15, 0.2) is 0 Å². The van der Waals surface area contributed by atoms with Gasteiger partial charge in [-0.25, -0.2) is 4.98 Å². The lowest BCUT2D eigenvalue weighted by atomic mass is 10.1. The van der Waals surface area contributed by atoms with Crippen molar-refractivity contribution >= 4 is 11.0 Å². The van der Waals surface area contributed by atoms with Crippen LogP contribution in [0.15, 0.2) is 41.6 Å². The van der Waals surface area contributed by atoms with Crippen molar-refractivity contribution in [1.29, 1.82) is 0 Å². The molecule has 146 valence electrons. The molecule has 2 heterocycles. The van der Waals surface area contributed by atoms with Crippen molar-refractivity contribution in [3.05, 3.63) is 58.5 Å². The Labute approximate surface area is 164 Å². The highest BCUT2D eigenvalue weighted by Gasteiger charge is 2.31. The van der Waals surface area contributed by atoms with E-state index in [1.165, 1.54) is 19.3 Å². The summed E-state index contributed by atoms with van der Waals surface area (Å²) in [5.74, 6) is 2.55. The Balaban J connectivity index is 1.34. The number of rotatable bonds is 9. The highest BCUT2D eigenvalue weighted by atomic mass is 16.5. The Morgan fingerprint density at radius 2 is 2.11 bits per heavy atom. The molecule has 2 atom stereocenters. The van der Waals surface area contributed by atoms with E-state index < -0.39 is 0 Å². The Kier molecular flexibility index (Phi) is 5.65. The zero-order valence-corrected chi connectivity index (χ0v) is 16.2. The van der Waals surface area contributed by atoms with Crippen molar-refractivity contribution in [2.24, 2.45) is 11.8 Å². The molecule has 0 bridgehead atoms. The zero-order chi connectivity index (χ0) is 19.3. The van der Waals surface area contributed by atoms with E-state index in [4.69, 9.17) is 4.74 Å². The van der Waals surface area contributed by atoms with Crippen molar-refractivity contribution in [1.82, 2.24) is 19.9 Å². The minimum Gasteiger partial charge on any atom is -0.487 e. The fraction of sp³-hybridized carbons (Fsp3) is 0.455. The number of hydrogen-bond donors (Lipinski definition) is 1. The SMILES string of the molecule is CC1C[C@H]1CCCCCc1nc2ccc(OCc3cnccn3)cc2[nH]c1=O. The van der Waals surface area contributed by atoms with Gasteiger partial charge in [-0.15, -0.1) is 0 Å². The van der Waals surface area contributed by atoms with Gasteiger partial charge in [0.1, 0.15) is 18.1 Å². The molecule has 1 aliphatic carbocycles. The number of aromatic nitrogens is 4. The van der Waals surface area contributed by atoms with Gasteiger partial charge in [-0.05, 0) is 43.2 Å². The van der Waals surface area contributed by atoms with Crippen molar-refractivity contribution in [3.8, 4) is 5.75 Å². The summed E-state index contributed by atoms with van der Waals surface area (Å²) in [5, 5.41) is 0. The smallest absolute Gasteiger partial charge is 0.270 e. The van der Waals surface area contributed by atoms with E-state index in [0.29, 0.717) is 23.6 Å². The number of aryl methyl sites for hydroxylation is 1. The van der Waals surface area contributed by atoms with Gasteiger partial charge in [-0.1, -0.05) is 26.2 Å². The summed E-state index contributed by atoms with van der Waals surface area (Å²) in [6, 6.07) is 5.56. The number of hydrogen-bond acceptors (Lipinski definition) is 5. The van der Waals surface area contributed by atoms with Crippen LogP contribution in [0.1, 0.15) is 50.4 Å². The maximum Gasteiger partial charge on any atom is 0.270 e. The van der Waals surface area contributed by atoms with E-state index in [0.717, 1.165) is 42.3 Å². The van der Waals surface area contributed by atoms with Gasteiger partial charge in [0, 0.05) is 18.5 Å². The van der Waals surface area contributed by atoms with Crippen LogP contribution in [0.25, 0.3) is 11.0 Å². The molecule has 4 rings (SSSR count). The van der Waals surface area contributed by atoms with Gasteiger partial charge >= 0.3 is 0 Å². The molecule has 0 radical (unpaired) electrons. The third-order valence-electron chi connectivity index (χ3n) is 5.50. The van der Waals surface area contributed by atoms with E-state index in [2.05, 4.69) is 26.9 Å². The third-order valence-corrected chi connectivity index (χ3v) is 5.50. The lowest BCUT2D eigenvalue weighted by molar-refractivity contribution is 0.301. The fourth-order valence-electron chi connectivity index (χ4n) is 3.60. The first-order valence-corrected chi connectivity index (χ1v) is 10.1. The Bertz CT molecular complexity index is 987. The van der Waals surface area contributed by atoms with Gasteiger partial charge in [-0.2, -0.15) is 0 Å². The summed E-state index contributed by atoms with van der Waals surface area (Å²) in [6.07, 6.45) is 11.8. The minimum absolute atomic E-state index is 0.102. The predicted molar refractivity (Wildman–Crippen MR) is 108 cm³/mol. The number of fused-ring (bicyclic) bond motifs is 1. The van der Waals surface area contributed by atoms with Gasteiger partial charge in [-0.3, -0.25) is 14.8 Å². The number of aromatic amines is 1. The van der Waals surface area contributed by atoms with Crippen LogP contribution in [0.4, 0.5) is 0 Å². The molecule has 2 aromatic heterocycles. The average Bonchev–Trinajstić information content (AvgIpc) is 3.42. The Morgan fingerprint density at radius 1 is 1.21 bits per heavy atom. The van der Waals surface area contributed by atoms with Crippen LogP contribution in [-0.4, -0.2) is 19.9 Å². The lowest BCUT2D eigenvalue weighted by Crippen LogP contribution is -2.15. The molecule has 6 nitrogen and oxygen atoms in total. The predicted octanol–water partition coefficient (Wildman–Crippen LogP) is 4.05. The Hall–Kier alpha value is -2.76. The summed E-state index contributed by atoms with van der Waals surface area (Å²) in [7, 11) is 0. The number of H-pyrrole nitrogens is 1. The molecule has 1 fully saturated rings. The zero-order valence-electron chi connectivity index (χ0n) is 16.2. The molecule has 1 aliphatic rings. The van der Waals surface area contributed by atoms with Gasteiger partial charge in [0.25, 0.3) is 5.56 Å². The highest BCUT2D eigenvalue weighted by molar-refractivity contribution is 5.75. The average molecular weight is 378 g/mol. The molecule has 6 heteroatoms. The number of nitrogens with one attached hydrogen (secondary N) is 1. The molecule has 0 amide bonds. The first kappa shape index (κ1) is 18.6. The molecular formula is C22H26N4O2. The van der Waals surface area contributed by atoms with Crippen molar-refractivity contribution in [3.63, 3.8) is 0 Å². The maximum absolute atomic E-state index is 12.4. The van der Waals surface area contributed by atoms with Crippen LogP contribution in [0.5, 0.6) is 5.75 Å². The van der Waals surface area contributed by atoms with Crippen LogP contribution >= 0.6 is 0 Å². The molecule has 0 spiro atoms. The second kappa shape index (κ2) is 8.50. The largest absolute Gasteiger partial charge is 0.487 e. The molecule has 1 unspecified atom stereocenters. The van der Waals surface area contributed by atoms with Gasteiger partial charge < -0.3 is 9.72 Å². The highest BCUT2D eigenvalue weighted by Crippen LogP contribution is 2.41. The third kappa shape index (κ3) is 4.74. The van der Waals surface area contributed by atoms with Gasteiger partial charge in [0.05, 0.1) is 22.9 Å². The lowest BCUT2D eigenvalue weighted by Gasteiger charge is -2.07. The van der Waals surface area contributed by atoms with Crippen LogP contribution in [0.3, 0.4) is 0 Å². The first-order valence-electron chi connectivity index (χ1n) is 10.1. The van der Waals surface area contributed by atoms with E-state index in [-0.39, 0.29) is 5.56 Å². The molecule has 0 saturated heterocycles. The number of nitrogens with zero attached hydrogens (tertiary/aromatic N) is 3. The summed E-state index contributed by atoms with van der Waals surface area (Å²) >= 11 is 0. The topological polar surface area (TPSA) is 80.8 Å². The molecule has 28 heavy (non-hydrogen) atoms. The quantitative estimate of drug-likeness (QED) is 0.568. The van der Waals surface area contributed by atoms with Crippen molar-refractivity contribution in [2.75, 3.05) is 0 Å². The first-order chi connectivity index (χ1) is 13.7. The van der Waals surface area contributed by atoms with E-state index in [9.17, 15) is 4.79 Å². The molecule has 1 saturated carbocycles. The second-order valence-corrected chi connectivity index (χ2v) is 7.75. The summed E-state index contributed by atoms with van der Waals surface area (Å²) in [4.78, 5) is 28.1. The summed E-state index contributed by atoms with van der Waals surface area (Å²) in [6.45, 7) is 2.66. The van der Waals surface area contributed by atoms with Crippen LogP contribution in [-0.2, 0) is 13.0 Å². The normalized spacial score (nSPS) is 18.3. The maximum atomic E-state index is 12.4. The minimum atomic E-state index is -0.102. The van der Waals surface area contributed by atoms with Crippen LogP contribution < -0.4 is 10.3 Å². The second-order valence-electron chi connectivity index (χ2n) is 7.75. The summed E-state index contributed by atoms with van der Waals surface area (Å²) < 4.78 is 5.74. The molecule has 1 aromatic carbocycles. The van der Waals surface area contributed by atoms with E-state index in [1.807, 2.05) is 12.1 Å². The van der Waals surface area contributed by atoms with Crippen molar-refractivity contribution in [2.45, 2.75) is 52.1 Å². The van der Waals surface area contributed by atoms with Crippen LogP contribution in [0.2, 0.25) is 0 Å². The molecule has 0 aliphatic heterocycles. The van der Waals surface area contributed by atoms with E-state index >= 15 is 0 Å². The molecular weight excluding hydrogens is 352 g/mol. The van der Waals surface area contributed by atoms with Gasteiger partial charge in [0.2, 0.25) is 0 Å². The number of ether oxygens (including phenoxy) is 1. The summed E-state index contributed by atoms with van der Waals surface area (Å²) in [5.41, 5.74) is 2.75. The number of unbranched alkanes of at least 4 members (excludes halogenated alkanes) is 2. The standard InChI is InChI=1S/C22H26N4O2/c1-15-11-16(15)5-3-2-4-6-20-22(27)26-21-12-18(7-8-19(21)25-20)28-14-17-13-23-9-10-24-17/h7-10,12-13,15-16H,2-6,11,14H2,1H3,(H,26,27)/t15?,16-/m1/s1. The van der Waals surface area contributed by atoms with Crippen LogP contribution in [0, 0.1) is 11.8 Å². The molecule has 3 aromatic rings. The monoisotopic (exact) mass is 378 g/mol.